The van der Waals surface area contributed by atoms with Crippen molar-refractivity contribution < 1.29 is 9.84 Å². The van der Waals surface area contributed by atoms with E-state index in [2.05, 4.69) is 0 Å². The van der Waals surface area contributed by atoms with Gasteiger partial charge in [-0.15, -0.1) is 0 Å². The number of aliphatic hydroxyl groups excluding tert-OH is 1. The molecule has 0 fully saturated rings. The van der Waals surface area contributed by atoms with Crippen LogP contribution in [0.2, 0.25) is 0 Å². The van der Waals surface area contributed by atoms with E-state index in [-0.39, 0.29) is 6.04 Å². The van der Waals surface area contributed by atoms with Crippen molar-refractivity contribution in [3.8, 4) is 5.75 Å². The van der Waals surface area contributed by atoms with E-state index < -0.39 is 6.10 Å². The SMILES string of the molecule is CCC(O)COc1ccccc1[C@@H](N)CC. The molecule has 1 aromatic rings. The van der Waals surface area contributed by atoms with Crippen LogP contribution in [0.15, 0.2) is 24.3 Å². The Morgan fingerprint density at radius 3 is 2.56 bits per heavy atom. The lowest BCUT2D eigenvalue weighted by molar-refractivity contribution is 0.103. The van der Waals surface area contributed by atoms with Crippen molar-refractivity contribution in [3.05, 3.63) is 29.8 Å². The Morgan fingerprint density at radius 2 is 1.94 bits per heavy atom. The fourth-order valence-electron chi connectivity index (χ4n) is 1.44. The average molecular weight is 223 g/mol. The van der Waals surface area contributed by atoms with E-state index in [0.29, 0.717) is 13.0 Å². The standard InChI is InChI=1S/C13H21NO2/c1-3-10(15)9-16-13-8-6-5-7-11(13)12(14)4-2/h5-8,10,12,15H,3-4,9,14H2,1-2H3/t10?,12-/m0/s1. The van der Waals surface area contributed by atoms with Gasteiger partial charge in [0.1, 0.15) is 12.4 Å². The van der Waals surface area contributed by atoms with Crippen molar-refractivity contribution in [3.63, 3.8) is 0 Å². The molecule has 0 heterocycles. The fraction of sp³-hybridized carbons (Fsp3) is 0.538. The van der Waals surface area contributed by atoms with Crippen molar-refractivity contribution in [2.45, 2.75) is 38.8 Å². The van der Waals surface area contributed by atoms with Crippen molar-refractivity contribution in [2.24, 2.45) is 5.73 Å². The molecule has 90 valence electrons. The highest BCUT2D eigenvalue weighted by atomic mass is 16.5. The van der Waals surface area contributed by atoms with Gasteiger partial charge in [0.2, 0.25) is 0 Å². The lowest BCUT2D eigenvalue weighted by Gasteiger charge is -2.17. The molecule has 2 atom stereocenters. The topological polar surface area (TPSA) is 55.5 Å². The summed E-state index contributed by atoms with van der Waals surface area (Å²) in [6, 6.07) is 7.73. The number of para-hydroxylation sites is 1. The molecule has 0 aliphatic carbocycles. The molecule has 0 aromatic heterocycles. The number of benzene rings is 1. The molecular weight excluding hydrogens is 202 g/mol. The Balaban J connectivity index is 2.71. The Hall–Kier alpha value is -1.06. The molecule has 0 amide bonds. The lowest BCUT2D eigenvalue weighted by atomic mass is 10.0. The maximum absolute atomic E-state index is 9.45. The second kappa shape index (κ2) is 6.51. The first-order chi connectivity index (χ1) is 7.69. The molecule has 1 rings (SSSR count). The van der Waals surface area contributed by atoms with Crippen molar-refractivity contribution in [1.82, 2.24) is 0 Å². The predicted octanol–water partition coefficient (Wildman–Crippen LogP) is 2.25. The molecule has 3 heteroatoms. The summed E-state index contributed by atoms with van der Waals surface area (Å²) in [6.07, 6.45) is 1.16. The van der Waals surface area contributed by atoms with Gasteiger partial charge in [0.05, 0.1) is 6.10 Å². The summed E-state index contributed by atoms with van der Waals surface area (Å²) >= 11 is 0. The molecule has 0 spiro atoms. The van der Waals surface area contributed by atoms with E-state index >= 15 is 0 Å². The lowest BCUT2D eigenvalue weighted by Crippen LogP contribution is -2.18. The minimum Gasteiger partial charge on any atom is -0.491 e. The van der Waals surface area contributed by atoms with Gasteiger partial charge in [0.25, 0.3) is 0 Å². The molecular formula is C13H21NO2. The number of ether oxygens (including phenoxy) is 1. The van der Waals surface area contributed by atoms with Gasteiger partial charge >= 0.3 is 0 Å². The smallest absolute Gasteiger partial charge is 0.124 e. The summed E-state index contributed by atoms with van der Waals surface area (Å²) in [7, 11) is 0. The second-order valence-corrected chi connectivity index (χ2v) is 3.93. The molecule has 3 nitrogen and oxygen atoms in total. The maximum atomic E-state index is 9.45. The summed E-state index contributed by atoms with van der Waals surface area (Å²) in [5.41, 5.74) is 7.00. The van der Waals surface area contributed by atoms with Gasteiger partial charge in [-0.25, -0.2) is 0 Å². The first kappa shape index (κ1) is 13.0. The molecule has 0 aliphatic rings. The molecule has 0 saturated heterocycles. The number of hydrogen-bond acceptors (Lipinski definition) is 3. The van der Waals surface area contributed by atoms with Gasteiger partial charge in [-0.2, -0.15) is 0 Å². The highest BCUT2D eigenvalue weighted by Crippen LogP contribution is 2.25. The van der Waals surface area contributed by atoms with Crippen molar-refractivity contribution >= 4 is 0 Å². The van der Waals surface area contributed by atoms with E-state index in [9.17, 15) is 5.11 Å². The van der Waals surface area contributed by atoms with Crippen molar-refractivity contribution in [1.29, 1.82) is 0 Å². The van der Waals surface area contributed by atoms with Crippen LogP contribution in [0.5, 0.6) is 5.75 Å². The van der Waals surface area contributed by atoms with E-state index in [1.807, 2.05) is 38.1 Å². The zero-order valence-electron chi connectivity index (χ0n) is 10.0. The summed E-state index contributed by atoms with van der Waals surface area (Å²) in [5, 5.41) is 9.45. The van der Waals surface area contributed by atoms with Gasteiger partial charge in [0.15, 0.2) is 0 Å². The monoisotopic (exact) mass is 223 g/mol. The van der Waals surface area contributed by atoms with E-state index in [1.54, 1.807) is 0 Å². The highest BCUT2D eigenvalue weighted by molar-refractivity contribution is 5.35. The highest BCUT2D eigenvalue weighted by Gasteiger charge is 2.10. The van der Waals surface area contributed by atoms with E-state index in [0.717, 1.165) is 17.7 Å². The Kier molecular flexibility index (Phi) is 5.29. The Labute approximate surface area is 97.2 Å². The van der Waals surface area contributed by atoms with Crippen LogP contribution in [0.3, 0.4) is 0 Å². The van der Waals surface area contributed by atoms with Gasteiger partial charge in [0, 0.05) is 11.6 Å². The third-order valence-corrected chi connectivity index (χ3v) is 2.66. The third-order valence-electron chi connectivity index (χ3n) is 2.66. The van der Waals surface area contributed by atoms with Crippen LogP contribution in [0.25, 0.3) is 0 Å². The van der Waals surface area contributed by atoms with Crippen LogP contribution >= 0.6 is 0 Å². The first-order valence-electron chi connectivity index (χ1n) is 5.84. The average Bonchev–Trinajstić information content (AvgIpc) is 2.35. The summed E-state index contributed by atoms with van der Waals surface area (Å²) < 4.78 is 5.58. The zero-order valence-corrected chi connectivity index (χ0v) is 10.0. The summed E-state index contributed by atoms with van der Waals surface area (Å²) in [4.78, 5) is 0. The number of nitrogens with two attached hydrogens (primary N) is 1. The Bertz CT molecular complexity index is 315. The van der Waals surface area contributed by atoms with Gasteiger partial charge in [-0.1, -0.05) is 32.0 Å². The fourth-order valence-corrected chi connectivity index (χ4v) is 1.44. The van der Waals surface area contributed by atoms with E-state index in [1.165, 1.54) is 0 Å². The first-order valence-corrected chi connectivity index (χ1v) is 5.84. The molecule has 1 unspecified atom stereocenters. The van der Waals surface area contributed by atoms with Crippen LogP contribution in [-0.2, 0) is 0 Å². The minimum absolute atomic E-state index is 0.00466. The Morgan fingerprint density at radius 1 is 1.25 bits per heavy atom. The number of aliphatic hydroxyl groups is 1. The van der Waals surface area contributed by atoms with Gasteiger partial charge in [-0.3, -0.25) is 0 Å². The molecule has 0 aliphatic heterocycles. The van der Waals surface area contributed by atoms with Crippen LogP contribution in [0, 0.1) is 0 Å². The molecule has 0 radical (unpaired) electrons. The third kappa shape index (κ3) is 3.51. The second-order valence-electron chi connectivity index (χ2n) is 3.93. The van der Waals surface area contributed by atoms with E-state index in [4.69, 9.17) is 10.5 Å². The van der Waals surface area contributed by atoms with Gasteiger partial charge < -0.3 is 15.6 Å². The maximum Gasteiger partial charge on any atom is 0.124 e. The van der Waals surface area contributed by atoms with Crippen LogP contribution in [0.4, 0.5) is 0 Å². The molecule has 3 N–H and O–H groups in total. The largest absolute Gasteiger partial charge is 0.491 e. The number of rotatable bonds is 6. The van der Waals surface area contributed by atoms with Crippen LogP contribution < -0.4 is 10.5 Å². The zero-order chi connectivity index (χ0) is 12.0. The summed E-state index contributed by atoms with van der Waals surface area (Å²) in [5.74, 6) is 0.782. The molecule has 0 bridgehead atoms. The van der Waals surface area contributed by atoms with Crippen LogP contribution in [-0.4, -0.2) is 17.8 Å². The number of hydrogen-bond donors (Lipinski definition) is 2. The predicted molar refractivity (Wildman–Crippen MR) is 65.5 cm³/mol. The normalized spacial score (nSPS) is 14.5. The van der Waals surface area contributed by atoms with Crippen molar-refractivity contribution in [2.75, 3.05) is 6.61 Å². The molecule has 16 heavy (non-hydrogen) atoms. The minimum atomic E-state index is -0.411. The molecule has 1 aromatic carbocycles. The summed E-state index contributed by atoms with van der Waals surface area (Å²) in [6.45, 7) is 4.30. The quantitative estimate of drug-likeness (QED) is 0.777. The molecule has 0 saturated carbocycles. The van der Waals surface area contributed by atoms with Gasteiger partial charge in [-0.05, 0) is 18.9 Å². The van der Waals surface area contributed by atoms with Crippen LogP contribution in [0.1, 0.15) is 38.3 Å².